The monoisotopic (exact) mass is 726 g/mol. The van der Waals surface area contributed by atoms with Crippen molar-refractivity contribution in [3.05, 3.63) is 0 Å². The second-order valence-electron chi connectivity index (χ2n) is 13.2. The van der Waals surface area contributed by atoms with E-state index in [0.717, 1.165) is 38.5 Å². The molecule has 49 heavy (non-hydrogen) atoms. The molecular formula is C36H71O12P. The number of hydrogen-bond donors (Lipinski definition) is 5. The van der Waals surface area contributed by atoms with Crippen LogP contribution in [0.1, 0.15) is 168 Å². The number of hydrogen-bond acceptors (Lipinski definition) is 11. The molecule has 0 rings (SSSR count). The molecule has 0 radical (unpaired) electrons. The standard InChI is InChI=1S/C36H71O12P/c1-3-5-7-9-11-13-14-15-16-18-19-21-23-25-34(40)45-28-31(48-35(41)26-24-22-20-17-12-10-8-6-4-2)29-46-49(43,44)47-30-33(39)36(42)32(38)27-37/h31-33,36-39,42H,3-30H2,1-2H3,(H,43,44)/t31-,32-,33-,36+/m1/s1. The number of phosphoric ester groups is 1. The third-order valence-corrected chi connectivity index (χ3v) is 9.46. The molecule has 5 atom stereocenters. The number of esters is 2. The van der Waals surface area contributed by atoms with E-state index in [0.29, 0.717) is 12.8 Å². The highest BCUT2D eigenvalue weighted by Gasteiger charge is 2.30. The predicted octanol–water partition coefficient (Wildman–Crippen LogP) is 7.05. The molecule has 0 bridgehead atoms. The van der Waals surface area contributed by atoms with Crippen molar-refractivity contribution in [1.82, 2.24) is 0 Å². The van der Waals surface area contributed by atoms with E-state index in [1.165, 1.54) is 89.9 Å². The number of carbonyl (C=O) groups excluding carboxylic acids is 2. The number of aliphatic hydroxyl groups is 4. The fraction of sp³-hybridized carbons (Fsp3) is 0.944. The Balaban J connectivity index is 4.57. The lowest BCUT2D eigenvalue weighted by Crippen LogP contribution is -2.41. The van der Waals surface area contributed by atoms with Crippen molar-refractivity contribution in [3.63, 3.8) is 0 Å². The molecule has 0 aromatic heterocycles. The largest absolute Gasteiger partial charge is 0.472 e. The molecule has 5 N–H and O–H groups in total. The molecule has 0 spiro atoms. The molecule has 0 aliphatic rings. The first kappa shape index (κ1) is 47.9. The number of ether oxygens (including phenoxy) is 2. The third-order valence-electron chi connectivity index (χ3n) is 8.50. The summed E-state index contributed by atoms with van der Waals surface area (Å²) in [7, 11) is -4.80. The Labute approximate surface area is 296 Å². The Morgan fingerprint density at radius 1 is 0.551 bits per heavy atom. The van der Waals surface area contributed by atoms with Gasteiger partial charge in [-0.1, -0.05) is 142 Å². The maximum atomic E-state index is 12.5. The van der Waals surface area contributed by atoms with E-state index in [4.69, 9.17) is 19.1 Å². The van der Waals surface area contributed by atoms with Gasteiger partial charge in [-0.05, 0) is 12.8 Å². The molecule has 0 aliphatic carbocycles. The highest BCUT2D eigenvalue weighted by molar-refractivity contribution is 7.47. The van der Waals surface area contributed by atoms with Gasteiger partial charge < -0.3 is 34.8 Å². The summed E-state index contributed by atoms with van der Waals surface area (Å²) in [5, 5.41) is 37.8. The molecule has 0 aromatic rings. The lowest BCUT2D eigenvalue weighted by atomic mass is 10.0. The van der Waals surface area contributed by atoms with Gasteiger partial charge in [-0.15, -0.1) is 0 Å². The van der Waals surface area contributed by atoms with Gasteiger partial charge in [0.25, 0.3) is 0 Å². The highest BCUT2D eigenvalue weighted by Crippen LogP contribution is 2.43. The molecule has 13 heteroatoms. The summed E-state index contributed by atoms with van der Waals surface area (Å²) in [6, 6.07) is 0. The van der Waals surface area contributed by atoms with Crippen molar-refractivity contribution >= 4 is 19.8 Å². The van der Waals surface area contributed by atoms with Crippen molar-refractivity contribution in [1.29, 1.82) is 0 Å². The average molecular weight is 727 g/mol. The van der Waals surface area contributed by atoms with Crippen molar-refractivity contribution < 1.29 is 58.0 Å². The van der Waals surface area contributed by atoms with Gasteiger partial charge in [0.1, 0.15) is 24.9 Å². The van der Waals surface area contributed by atoms with Gasteiger partial charge in [-0.3, -0.25) is 18.6 Å². The molecule has 0 saturated heterocycles. The fourth-order valence-electron chi connectivity index (χ4n) is 5.33. The van der Waals surface area contributed by atoms with Crippen LogP contribution in [0.4, 0.5) is 0 Å². The normalized spacial score (nSPS) is 15.3. The molecule has 0 aromatic carbocycles. The summed E-state index contributed by atoms with van der Waals surface area (Å²) in [6.45, 7) is 1.70. The van der Waals surface area contributed by atoms with Gasteiger partial charge in [-0.25, -0.2) is 4.57 Å². The lowest BCUT2D eigenvalue weighted by Gasteiger charge is -2.23. The Morgan fingerprint density at radius 2 is 0.939 bits per heavy atom. The average Bonchev–Trinajstić information content (AvgIpc) is 3.08. The Bertz CT molecular complexity index is 830. The molecule has 0 saturated carbocycles. The Morgan fingerprint density at radius 3 is 1.37 bits per heavy atom. The summed E-state index contributed by atoms with van der Waals surface area (Å²) in [6.07, 6.45) is 19.1. The Hall–Kier alpha value is -1.11. The van der Waals surface area contributed by atoms with Crippen LogP contribution in [0, 0.1) is 0 Å². The number of carbonyl (C=O) groups is 2. The first-order valence-corrected chi connectivity index (χ1v) is 20.7. The molecule has 292 valence electrons. The van der Waals surface area contributed by atoms with Crippen LogP contribution in [0.3, 0.4) is 0 Å². The molecular weight excluding hydrogens is 655 g/mol. The van der Waals surface area contributed by atoms with E-state index >= 15 is 0 Å². The van der Waals surface area contributed by atoms with Gasteiger partial charge in [-0.2, -0.15) is 0 Å². The van der Waals surface area contributed by atoms with E-state index in [1.54, 1.807) is 0 Å². The first-order chi connectivity index (χ1) is 23.6. The van der Waals surface area contributed by atoms with Gasteiger partial charge in [0.15, 0.2) is 6.10 Å². The topological polar surface area (TPSA) is 189 Å². The smallest absolute Gasteiger partial charge is 0.462 e. The van der Waals surface area contributed by atoms with Crippen LogP contribution < -0.4 is 0 Å². The summed E-state index contributed by atoms with van der Waals surface area (Å²) in [5.74, 6) is -1.01. The SMILES string of the molecule is CCCCCCCCCCCCCCCC(=O)OC[C@H](COP(=O)(O)OC[C@@H](O)[C@@H](O)[C@H](O)CO)OC(=O)CCCCCCCCCCC. The summed E-state index contributed by atoms with van der Waals surface area (Å²) in [5.41, 5.74) is 0. The van der Waals surface area contributed by atoms with Crippen LogP contribution in [-0.2, 0) is 32.7 Å². The van der Waals surface area contributed by atoms with Gasteiger partial charge in [0.2, 0.25) is 0 Å². The zero-order valence-corrected chi connectivity index (χ0v) is 31.5. The quantitative estimate of drug-likeness (QED) is 0.0252. The van der Waals surface area contributed by atoms with Crippen molar-refractivity contribution in [2.24, 2.45) is 0 Å². The molecule has 0 amide bonds. The molecule has 1 unspecified atom stereocenters. The zero-order chi connectivity index (χ0) is 36.6. The molecule has 0 heterocycles. The van der Waals surface area contributed by atoms with Crippen molar-refractivity contribution in [2.75, 3.05) is 26.4 Å². The van der Waals surface area contributed by atoms with Gasteiger partial charge in [0.05, 0.1) is 19.8 Å². The summed E-state index contributed by atoms with van der Waals surface area (Å²) in [4.78, 5) is 35.0. The molecule has 0 aliphatic heterocycles. The minimum Gasteiger partial charge on any atom is -0.462 e. The predicted molar refractivity (Wildman–Crippen MR) is 190 cm³/mol. The van der Waals surface area contributed by atoms with Crippen LogP contribution >= 0.6 is 7.82 Å². The maximum Gasteiger partial charge on any atom is 0.472 e. The number of phosphoric acid groups is 1. The molecule has 12 nitrogen and oxygen atoms in total. The van der Waals surface area contributed by atoms with E-state index in [2.05, 4.69) is 18.4 Å². The Kier molecular flexibility index (Phi) is 32.0. The van der Waals surface area contributed by atoms with Crippen molar-refractivity contribution in [2.45, 2.75) is 192 Å². The first-order valence-electron chi connectivity index (χ1n) is 19.2. The lowest BCUT2D eigenvalue weighted by molar-refractivity contribution is -0.161. The van der Waals surface area contributed by atoms with Crippen LogP contribution in [-0.4, -0.2) is 88.1 Å². The third kappa shape index (κ3) is 30.2. The van der Waals surface area contributed by atoms with Gasteiger partial charge in [0, 0.05) is 12.8 Å². The highest BCUT2D eigenvalue weighted by atomic mass is 31.2. The van der Waals surface area contributed by atoms with Gasteiger partial charge >= 0.3 is 19.8 Å². The van der Waals surface area contributed by atoms with Crippen LogP contribution in [0.2, 0.25) is 0 Å². The number of rotatable bonds is 36. The zero-order valence-electron chi connectivity index (χ0n) is 30.6. The van der Waals surface area contributed by atoms with E-state index in [9.17, 15) is 34.4 Å². The van der Waals surface area contributed by atoms with Crippen LogP contribution in [0.25, 0.3) is 0 Å². The van der Waals surface area contributed by atoms with E-state index in [1.807, 2.05) is 0 Å². The van der Waals surface area contributed by atoms with Crippen LogP contribution in [0.15, 0.2) is 0 Å². The number of aliphatic hydroxyl groups excluding tert-OH is 4. The fourth-order valence-corrected chi connectivity index (χ4v) is 6.10. The second-order valence-corrected chi connectivity index (χ2v) is 14.7. The minimum absolute atomic E-state index is 0.143. The van der Waals surface area contributed by atoms with E-state index in [-0.39, 0.29) is 19.4 Å². The van der Waals surface area contributed by atoms with Crippen LogP contribution in [0.5, 0.6) is 0 Å². The summed E-state index contributed by atoms with van der Waals surface area (Å²) >= 11 is 0. The molecule has 0 fully saturated rings. The number of unbranched alkanes of at least 4 members (excludes halogenated alkanes) is 20. The van der Waals surface area contributed by atoms with E-state index < -0.39 is 64.0 Å². The summed E-state index contributed by atoms with van der Waals surface area (Å²) < 4.78 is 32.7. The second kappa shape index (κ2) is 32.8. The maximum absolute atomic E-state index is 12.5. The van der Waals surface area contributed by atoms with Crippen molar-refractivity contribution in [3.8, 4) is 0 Å². The minimum atomic E-state index is -4.80.